The molecule has 168 valence electrons. The van der Waals surface area contributed by atoms with Gasteiger partial charge in [0.2, 0.25) is 6.79 Å². The van der Waals surface area contributed by atoms with Crippen LogP contribution in [0.5, 0.6) is 11.5 Å². The zero-order valence-corrected chi connectivity index (χ0v) is 19.3. The lowest BCUT2D eigenvalue weighted by molar-refractivity contribution is -0.139. The van der Waals surface area contributed by atoms with Crippen LogP contribution in [0.15, 0.2) is 63.5 Å². The molecule has 1 atom stereocenters. The quantitative estimate of drug-likeness (QED) is 0.557. The Morgan fingerprint density at radius 3 is 2.70 bits per heavy atom. The summed E-state index contributed by atoms with van der Waals surface area (Å²) in [6.45, 7) is 5.96. The molecule has 0 bridgehead atoms. The second-order valence-corrected chi connectivity index (χ2v) is 8.83. The summed E-state index contributed by atoms with van der Waals surface area (Å²) < 4.78 is 18.3. The van der Waals surface area contributed by atoms with Gasteiger partial charge in [0.25, 0.3) is 5.56 Å². The van der Waals surface area contributed by atoms with Crippen LogP contribution >= 0.6 is 11.3 Å². The van der Waals surface area contributed by atoms with Crippen LogP contribution in [-0.4, -0.2) is 23.9 Å². The van der Waals surface area contributed by atoms with Gasteiger partial charge in [-0.3, -0.25) is 9.36 Å². The molecule has 0 fully saturated rings. The number of nitrogens with zero attached hydrogens (tertiary/aromatic N) is 2. The molecule has 0 N–H and O–H groups in total. The van der Waals surface area contributed by atoms with E-state index in [4.69, 9.17) is 14.2 Å². The second-order valence-electron chi connectivity index (χ2n) is 7.83. The standard InChI is InChI=1S/C25H22N2O5S/c1-4-30-24(29)21-15(3)26-25-27(22(21)17-8-5-14(2)6-9-17)23(28)20(33-25)12-16-7-10-18-19(11-16)32-13-31-18/h5-12,22H,4,13H2,1-3H3/b20-12-. The third-order valence-electron chi connectivity index (χ3n) is 5.60. The molecule has 1 unspecified atom stereocenters. The topological polar surface area (TPSA) is 79.1 Å². The summed E-state index contributed by atoms with van der Waals surface area (Å²) in [6, 6.07) is 12.7. The van der Waals surface area contributed by atoms with Crippen LogP contribution in [0.3, 0.4) is 0 Å². The van der Waals surface area contributed by atoms with Gasteiger partial charge in [0.05, 0.1) is 28.5 Å². The van der Waals surface area contributed by atoms with Crippen molar-refractivity contribution < 1.29 is 19.0 Å². The van der Waals surface area contributed by atoms with E-state index in [0.717, 1.165) is 16.7 Å². The first kappa shape index (κ1) is 21.2. The number of aromatic nitrogens is 1. The number of rotatable bonds is 4. The summed E-state index contributed by atoms with van der Waals surface area (Å²) in [5.41, 5.74) is 3.45. The molecule has 2 aliphatic heterocycles. The van der Waals surface area contributed by atoms with E-state index in [1.165, 1.54) is 11.3 Å². The van der Waals surface area contributed by atoms with Gasteiger partial charge in [0.1, 0.15) is 0 Å². The van der Waals surface area contributed by atoms with Gasteiger partial charge < -0.3 is 14.2 Å². The Labute approximate surface area is 193 Å². The van der Waals surface area contributed by atoms with Gasteiger partial charge in [0.15, 0.2) is 16.3 Å². The van der Waals surface area contributed by atoms with Gasteiger partial charge in [-0.1, -0.05) is 47.2 Å². The Hall–Kier alpha value is -3.65. The Bertz CT molecular complexity index is 1460. The number of ether oxygens (including phenoxy) is 3. The highest BCUT2D eigenvalue weighted by molar-refractivity contribution is 7.07. The third-order valence-corrected chi connectivity index (χ3v) is 6.59. The molecule has 0 aliphatic carbocycles. The van der Waals surface area contributed by atoms with E-state index in [2.05, 4.69) is 4.99 Å². The lowest BCUT2D eigenvalue weighted by atomic mass is 9.95. The van der Waals surface area contributed by atoms with E-state index in [0.29, 0.717) is 32.1 Å². The van der Waals surface area contributed by atoms with Crippen molar-refractivity contribution in [1.29, 1.82) is 0 Å². The van der Waals surface area contributed by atoms with E-state index < -0.39 is 12.0 Å². The molecule has 0 saturated carbocycles. The van der Waals surface area contributed by atoms with E-state index in [-0.39, 0.29) is 19.0 Å². The predicted molar refractivity (Wildman–Crippen MR) is 124 cm³/mol. The molecule has 0 radical (unpaired) electrons. The molecule has 7 nitrogen and oxygen atoms in total. The van der Waals surface area contributed by atoms with Crippen LogP contribution in [0, 0.1) is 6.92 Å². The van der Waals surface area contributed by atoms with Crippen LogP contribution in [0.4, 0.5) is 0 Å². The molecule has 0 saturated heterocycles. The Morgan fingerprint density at radius 2 is 1.94 bits per heavy atom. The molecule has 1 aromatic heterocycles. The summed E-state index contributed by atoms with van der Waals surface area (Å²) in [7, 11) is 0. The van der Waals surface area contributed by atoms with Crippen LogP contribution in [0.1, 0.15) is 36.6 Å². The Kier molecular flexibility index (Phi) is 5.38. The number of esters is 1. The number of aryl methyl sites for hydroxylation is 1. The van der Waals surface area contributed by atoms with Crippen LogP contribution < -0.4 is 24.4 Å². The highest BCUT2D eigenvalue weighted by atomic mass is 32.1. The number of fused-ring (bicyclic) bond motifs is 2. The molecule has 0 spiro atoms. The van der Waals surface area contributed by atoms with E-state index in [1.807, 2.05) is 49.4 Å². The van der Waals surface area contributed by atoms with Crippen molar-refractivity contribution >= 4 is 23.4 Å². The Balaban J connectivity index is 1.69. The van der Waals surface area contributed by atoms with Gasteiger partial charge >= 0.3 is 5.97 Å². The molecule has 3 heterocycles. The van der Waals surface area contributed by atoms with Gasteiger partial charge in [0, 0.05) is 0 Å². The zero-order valence-electron chi connectivity index (χ0n) is 18.5. The van der Waals surface area contributed by atoms with Crippen molar-refractivity contribution in [3.63, 3.8) is 0 Å². The highest BCUT2D eigenvalue weighted by Gasteiger charge is 2.33. The van der Waals surface area contributed by atoms with Crippen molar-refractivity contribution in [3.05, 3.63) is 90.1 Å². The smallest absolute Gasteiger partial charge is 0.338 e. The van der Waals surface area contributed by atoms with Gasteiger partial charge in [-0.15, -0.1) is 0 Å². The van der Waals surface area contributed by atoms with Crippen molar-refractivity contribution in [1.82, 2.24) is 4.57 Å². The number of hydrogen-bond donors (Lipinski definition) is 0. The molecular weight excluding hydrogens is 440 g/mol. The largest absolute Gasteiger partial charge is 0.463 e. The summed E-state index contributed by atoms with van der Waals surface area (Å²) >= 11 is 1.29. The van der Waals surface area contributed by atoms with Crippen molar-refractivity contribution in [3.8, 4) is 11.5 Å². The normalized spacial score (nSPS) is 17.1. The van der Waals surface area contributed by atoms with E-state index >= 15 is 0 Å². The summed E-state index contributed by atoms with van der Waals surface area (Å²) in [6.07, 6.45) is 1.81. The third kappa shape index (κ3) is 3.76. The molecule has 2 aromatic carbocycles. The molecule has 8 heteroatoms. The summed E-state index contributed by atoms with van der Waals surface area (Å²) in [4.78, 5) is 31.6. The van der Waals surface area contributed by atoms with Crippen molar-refractivity contribution in [2.24, 2.45) is 4.99 Å². The average molecular weight is 463 g/mol. The minimum atomic E-state index is -0.611. The summed E-state index contributed by atoms with van der Waals surface area (Å²) in [5, 5.41) is 0. The SMILES string of the molecule is CCOC(=O)C1=C(C)N=c2s/c(=C\c3ccc4c(c3)OCO4)c(=O)n2C1c1ccc(C)cc1. The zero-order chi connectivity index (χ0) is 23.1. The Morgan fingerprint density at radius 1 is 1.18 bits per heavy atom. The lowest BCUT2D eigenvalue weighted by Crippen LogP contribution is -2.39. The molecule has 0 amide bonds. The van der Waals surface area contributed by atoms with Gasteiger partial charge in [-0.05, 0) is 50.1 Å². The van der Waals surface area contributed by atoms with Crippen LogP contribution in [0.25, 0.3) is 6.08 Å². The molecule has 33 heavy (non-hydrogen) atoms. The maximum absolute atomic E-state index is 13.6. The first-order chi connectivity index (χ1) is 16.0. The fourth-order valence-corrected chi connectivity index (χ4v) is 5.06. The molecule has 3 aromatic rings. The van der Waals surface area contributed by atoms with E-state index in [9.17, 15) is 9.59 Å². The minimum Gasteiger partial charge on any atom is -0.463 e. The lowest BCUT2D eigenvalue weighted by Gasteiger charge is -2.24. The fraction of sp³-hybridized carbons (Fsp3) is 0.240. The number of benzene rings is 2. The number of carbonyl (C=O) groups is 1. The van der Waals surface area contributed by atoms with Crippen LogP contribution in [0.2, 0.25) is 0 Å². The van der Waals surface area contributed by atoms with Crippen molar-refractivity contribution in [2.45, 2.75) is 26.8 Å². The summed E-state index contributed by atoms with van der Waals surface area (Å²) in [5.74, 6) is 0.867. The predicted octanol–water partition coefficient (Wildman–Crippen LogP) is 2.84. The highest BCUT2D eigenvalue weighted by Crippen LogP contribution is 2.33. The van der Waals surface area contributed by atoms with E-state index in [1.54, 1.807) is 24.5 Å². The second kappa shape index (κ2) is 8.37. The number of hydrogen-bond acceptors (Lipinski definition) is 7. The minimum absolute atomic E-state index is 0.188. The maximum Gasteiger partial charge on any atom is 0.338 e. The number of thiazole rings is 1. The maximum atomic E-state index is 13.6. The average Bonchev–Trinajstić information content (AvgIpc) is 3.37. The first-order valence-corrected chi connectivity index (χ1v) is 11.4. The molecule has 5 rings (SSSR count). The van der Waals surface area contributed by atoms with Gasteiger partial charge in [-0.2, -0.15) is 0 Å². The number of carbonyl (C=O) groups excluding carboxylic acids is 1. The van der Waals surface area contributed by atoms with Gasteiger partial charge in [-0.25, -0.2) is 9.79 Å². The van der Waals surface area contributed by atoms with Crippen molar-refractivity contribution in [2.75, 3.05) is 13.4 Å². The molecule has 2 aliphatic rings. The first-order valence-electron chi connectivity index (χ1n) is 10.6. The number of allylic oxidation sites excluding steroid dienone is 1. The van der Waals surface area contributed by atoms with Crippen LogP contribution in [-0.2, 0) is 9.53 Å². The monoisotopic (exact) mass is 462 g/mol. The molecular formula is C25H22N2O5S. The fourth-order valence-electron chi connectivity index (χ4n) is 4.01.